The standard InChI is InChI=1S/C20H30N8O2S2/c1-14-11-17(26-25-14)22-16-12-19(28-7-5-27(2)6-8-28)24-18(23-16)13-30-9-4-21-20(29)15-3-10-31-32-15/h11-12,15H,3-10,13H2,1-2H3,(H,21,29)(H2,22,23,24,25,26). The van der Waals surface area contributed by atoms with Crippen molar-refractivity contribution in [3.05, 3.63) is 23.7 Å². The average molecular weight is 479 g/mol. The van der Waals surface area contributed by atoms with Crippen LogP contribution in [0.2, 0.25) is 0 Å². The number of ether oxygens (including phenoxy) is 1. The third-order valence-electron chi connectivity index (χ3n) is 5.27. The molecule has 2 aromatic heterocycles. The zero-order valence-electron chi connectivity index (χ0n) is 18.5. The fourth-order valence-electron chi connectivity index (χ4n) is 3.45. The highest BCUT2D eigenvalue weighted by Crippen LogP contribution is 2.37. The van der Waals surface area contributed by atoms with Crippen molar-refractivity contribution in [3.63, 3.8) is 0 Å². The molecule has 10 nitrogen and oxygen atoms in total. The zero-order valence-corrected chi connectivity index (χ0v) is 20.1. The van der Waals surface area contributed by atoms with Gasteiger partial charge in [-0.1, -0.05) is 21.6 Å². The molecule has 4 heterocycles. The predicted octanol–water partition coefficient (Wildman–Crippen LogP) is 1.79. The number of hydrogen-bond acceptors (Lipinski definition) is 10. The Labute approximate surface area is 196 Å². The lowest BCUT2D eigenvalue weighted by molar-refractivity contribution is -0.120. The van der Waals surface area contributed by atoms with E-state index in [-0.39, 0.29) is 17.8 Å². The number of aromatic amines is 1. The fourth-order valence-corrected chi connectivity index (χ4v) is 6.20. The molecule has 2 saturated heterocycles. The molecule has 4 rings (SSSR count). The maximum absolute atomic E-state index is 12.1. The van der Waals surface area contributed by atoms with E-state index in [0.29, 0.717) is 30.6 Å². The Hall–Kier alpha value is -2.02. The summed E-state index contributed by atoms with van der Waals surface area (Å²) in [4.78, 5) is 26.0. The monoisotopic (exact) mass is 478 g/mol. The number of H-pyrrole nitrogens is 1. The lowest BCUT2D eigenvalue weighted by atomic mass is 10.3. The second-order valence-electron chi connectivity index (χ2n) is 7.92. The topological polar surface area (TPSA) is 111 Å². The zero-order chi connectivity index (χ0) is 22.3. The molecule has 0 radical (unpaired) electrons. The average Bonchev–Trinajstić information content (AvgIpc) is 3.46. The quantitative estimate of drug-likeness (QED) is 0.364. The van der Waals surface area contributed by atoms with Gasteiger partial charge in [-0.3, -0.25) is 9.89 Å². The summed E-state index contributed by atoms with van der Waals surface area (Å²) < 4.78 is 5.77. The molecule has 174 valence electrons. The molecule has 3 N–H and O–H groups in total. The van der Waals surface area contributed by atoms with Crippen molar-refractivity contribution in [1.29, 1.82) is 0 Å². The first-order valence-electron chi connectivity index (χ1n) is 10.8. The van der Waals surface area contributed by atoms with Crippen LogP contribution in [0.25, 0.3) is 0 Å². The van der Waals surface area contributed by atoms with Gasteiger partial charge in [-0.25, -0.2) is 9.97 Å². The molecule has 2 aliphatic rings. The number of aromatic nitrogens is 4. The summed E-state index contributed by atoms with van der Waals surface area (Å²) in [5.74, 6) is 4.01. The van der Waals surface area contributed by atoms with Gasteiger partial charge in [0.25, 0.3) is 0 Å². The van der Waals surface area contributed by atoms with Gasteiger partial charge in [0.2, 0.25) is 5.91 Å². The lowest BCUT2D eigenvalue weighted by Gasteiger charge is -2.33. The molecule has 1 unspecified atom stereocenters. The molecule has 0 aromatic carbocycles. The third kappa shape index (κ3) is 6.50. The number of rotatable bonds is 9. The summed E-state index contributed by atoms with van der Waals surface area (Å²) in [6.07, 6.45) is 0.931. The summed E-state index contributed by atoms with van der Waals surface area (Å²) >= 11 is 0. The van der Waals surface area contributed by atoms with Crippen molar-refractivity contribution >= 4 is 44.9 Å². The Morgan fingerprint density at radius 2 is 2.09 bits per heavy atom. The van der Waals surface area contributed by atoms with Crippen LogP contribution in [-0.2, 0) is 16.1 Å². The molecule has 1 amide bonds. The molecular formula is C20H30N8O2S2. The van der Waals surface area contributed by atoms with Gasteiger partial charge < -0.3 is 25.2 Å². The molecule has 1 atom stereocenters. The van der Waals surface area contributed by atoms with E-state index in [1.54, 1.807) is 21.6 Å². The van der Waals surface area contributed by atoms with Crippen LogP contribution in [0.15, 0.2) is 12.1 Å². The summed E-state index contributed by atoms with van der Waals surface area (Å²) in [5.41, 5.74) is 0.973. The van der Waals surface area contributed by atoms with E-state index >= 15 is 0 Å². The van der Waals surface area contributed by atoms with E-state index in [4.69, 9.17) is 9.72 Å². The smallest absolute Gasteiger partial charge is 0.234 e. The minimum absolute atomic E-state index is 0.0583. The highest BCUT2D eigenvalue weighted by molar-refractivity contribution is 8.77. The Morgan fingerprint density at radius 3 is 2.81 bits per heavy atom. The largest absolute Gasteiger partial charge is 0.372 e. The molecule has 0 saturated carbocycles. The molecule has 32 heavy (non-hydrogen) atoms. The van der Waals surface area contributed by atoms with E-state index in [0.717, 1.165) is 49.9 Å². The van der Waals surface area contributed by atoms with Gasteiger partial charge in [-0.15, -0.1) is 0 Å². The number of piperazine rings is 1. The number of nitrogens with one attached hydrogen (secondary N) is 3. The van der Waals surface area contributed by atoms with Crippen LogP contribution in [-0.4, -0.2) is 88.4 Å². The van der Waals surface area contributed by atoms with Crippen LogP contribution >= 0.6 is 21.6 Å². The van der Waals surface area contributed by atoms with Gasteiger partial charge in [-0.05, 0) is 20.4 Å². The summed E-state index contributed by atoms with van der Waals surface area (Å²) in [5, 5.41) is 13.4. The lowest BCUT2D eigenvalue weighted by Crippen LogP contribution is -2.45. The van der Waals surface area contributed by atoms with Crippen molar-refractivity contribution in [2.45, 2.75) is 25.2 Å². The minimum Gasteiger partial charge on any atom is -0.372 e. The van der Waals surface area contributed by atoms with E-state index in [2.05, 4.69) is 42.7 Å². The molecule has 12 heteroatoms. The normalized spacial score (nSPS) is 19.3. The van der Waals surface area contributed by atoms with Crippen molar-refractivity contribution < 1.29 is 9.53 Å². The van der Waals surface area contributed by atoms with Gasteiger partial charge in [0.1, 0.15) is 18.2 Å². The Morgan fingerprint density at radius 1 is 1.25 bits per heavy atom. The first-order valence-corrected chi connectivity index (χ1v) is 13.2. The number of amides is 1. The number of likely N-dealkylation sites (N-methyl/N-ethyl adjacent to an activating group) is 1. The van der Waals surface area contributed by atoms with E-state index in [9.17, 15) is 4.79 Å². The number of hydrogen-bond donors (Lipinski definition) is 3. The van der Waals surface area contributed by atoms with Gasteiger partial charge in [0.15, 0.2) is 11.6 Å². The second-order valence-corrected chi connectivity index (χ2v) is 10.6. The van der Waals surface area contributed by atoms with Gasteiger partial charge in [-0.2, -0.15) is 5.10 Å². The van der Waals surface area contributed by atoms with Crippen LogP contribution in [0.3, 0.4) is 0 Å². The van der Waals surface area contributed by atoms with Crippen molar-refractivity contribution in [1.82, 2.24) is 30.4 Å². The Balaban J connectivity index is 1.35. The van der Waals surface area contributed by atoms with Crippen LogP contribution < -0.4 is 15.5 Å². The van der Waals surface area contributed by atoms with Crippen molar-refractivity contribution in [2.75, 3.05) is 62.3 Å². The Bertz CT molecular complexity index is 897. The molecule has 0 aliphatic carbocycles. The van der Waals surface area contributed by atoms with Crippen LogP contribution in [0.5, 0.6) is 0 Å². The van der Waals surface area contributed by atoms with E-state index < -0.39 is 0 Å². The SMILES string of the molecule is Cc1cc(Nc2cc(N3CCN(C)CC3)nc(COCCNC(=O)C3CCSS3)n2)n[nH]1. The van der Waals surface area contributed by atoms with Crippen LogP contribution in [0, 0.1) is 6.92 Å². The highest BCUT2D eigenvalue weighted by atomic mass is 33.1. The molecule has 2 fully saturated rings. The van der Waals surface area contributed by atoms with Crippen LogP contribution in [0.4, 0.5) is 17.5 Å². The molecule has 2 aromatic rings. The van der Waals surface area contributed by atoms with Crippen LogP contribution in [0.1, 0.15) is 17.9 Å². The maximum atomic E-state index is 12.1. The maximum Gasteiger partial charge on any atom is 0.234 e. The van der Waals surface area contributed by atoms with E-state index in [1.165, 1.54) is 0 Å². The number of carbonyl (C=O) groups is 1. The van der Waals surface area contributed by atoms with Gasteiger partial charge >= 0.3 is 0 Å². The summed E-state index contributed by atoms with van der Waals surface area (Å²) in [6, 6.07) is 3.88. The number of nitrogens with zero attached hydrogens (tertiary/aromatic N) is 5. The number of aryl methyl sites for hydroxylation is 1. The summed E-state index contributed by atoms with van der Waals surface area (Å²) in [7, 11) is 5.54. The molecular weight excluding hydrogens is 448 g/mol. The number of anilines is 3. The fraction of sp³-hybridized carbons (Fsp3) is 0.600. The molecule has 0 bridgehead atoms. The Kier molecular flexibility index (Phi) is 8.11. The van der Waals surface area contributed by atoms with Gasteiger partial charge in [0.05, 0.1) is 11.9 Å². The first kappa shape index (κ1) is 23.1. The van der Waals surface area contributed by atoms with E-state index in [1.807, 2.05) is 19.1 Å². The second kappa shape index (κ2) is 11.2. The minimum atomic E-state index is 0.0583. The first-order chi connectivity index (χ1) is 15.6. The summed E-state index contributed by atoms with van der Waals surface area (Å²) in [6.45, 7) is 6.95. The molecule has 0 spiro atoms. The number of carbonyl (C=O) groups excluding carboxylic acids is 1. The van der Waals surface area contributed by atoms with Crippen molar-refractivity contribution in [3.8, 4) is 0 Å². The van der Waals surface area contributed by atoms with Crippen molar-refractivity contribution in [2.24, 2.45) is 0 Å². The van der Waals surface area contributed by atoms with Gasteiger partial charge in [0, 0.05) is 56.3 Å². The highest BCUT2D eigenvalue weighted by Gasteiger charge is 2.23. The predicted molar refractivity (Wildman–Crippen MR) is 129 cm³/mol. The third-order valence-corrected chi connectivity index (χ3v) is 8.09. The molecule has 2 aliphatic heterocycles.